The van der Waals surface area contributed by atoms with Gasteiger partial charge in [-0.15, -0.1) is 0 Å². The lowest BCUT2D eigenvalue weighted by atomic mass is 10.1. The number of hydrogen-bond acceptors (Lipinski definition) is 3. The molecule has 0 radical (unpaired) electrons. The summed E-state index contributed by atoms with van der Waals surface area (Å²) in [5.41, 5.74) is 3.49. The van der Waals surface area contributed by atoms with Crippen LogP contribution in [0.2, 0.25) is 0 Å². The van der Waals surface area contributed by atoms with Gasteiger partial charge in [0.25, 0.3) is 0 Å². The molecule has 1 N–H and O–H groups in total. The standard InChI is InChI=1S/C12H12BrN3/c1-9-6-14-4-2-10(9)7-16-12-3-5-15-8-11(12)13/h2-6,8H,7H2,1H3,(H,15,16). The lowest BCUT2D eigenvalue weighted by molar-refractivity contribution is 1.08. The Balaban J connectivity index is 2.09. The lowest BCUT2D eigenvalue weighted by Gasteiger charge is -2.09. The summed E-state index contributed by atoms with van der Waals surface area (Å²) < 4.78 is 0.974. The molecule has 2 rings (SSSR count). The van der Waals surface area contributed by atoms with Crippen LogP contribution in [0.1, 0.15) is 11.1 Å². The zero-order valence-corrected chi connectivity index (χ0v) is 10.5. The van der Waals surface area contributed by atoms with Crippen molar-refractivity contribution in [2.24, 2.45) is 0 Å². The fourth-order valence-corrected chi connectivity index (χ4v) is 1.80. The van der Waals surface area contributed by atoms with Crippen molar-refractivity contribution in [3.63, 3.8) is 0 Å². The van der Waals surface area contributed by atoms with E-state index in [-0.39, 0.29) is 0 Å². The van der Waals surface area contributed by atoms with Crippen molar-refractivity contribution in [1.29, 1.82) is 0 Å². The molecule has 0 fully saturated rings. The maximum absolute atomic E-state index is 4.07. The van der Waals surface area contributed by atoms with Gasteiger partial charge in [0.1, 0.15) is 0 Å². The Kier molecular flexibility index (Phi) is 3.51. The van der Waals surface area contributed by atoms with Crippen molar-refractivity contribution < 1.29 is 0 Å². The average Bonchev–Trinajstić information content (AvgIpc) is 2.30. The maximum atomic E-state index is 4.07. The molecule has 0 spiro atoms. The molecule has 82 valence electrons. The van der Waals surface area contributed by atoms with E-state index in [1.54, 1.807) is 12.4 Å². The summed E-state index contributed by atoms with van der Waals surface area (Å²) >= 11 is 3.45. The topological polar surface area (TPSA) is 37.8 Å². The maximum Gasteiger partial charge on any atom is 0.0590 e. The second-order valence-corrected chi connectivity index (χ2v) is 4.37. The number of halogens is 1. The molecule has 2 heterocycles. The van der Waals surface area contributed by atoms with Crippen LogP contribution in [0.25, 0.3) is 0 Å². The molecule has 16 heavy (non-hydrogen) atoms. The van der Waals surface area contributed by atoms with Crippen molar-refractivity contribution in [1.82, 2.24) is 9.97 Å². The van der Waals surface area contributed by atoms with Gasteiger partial charge < -0.3 is 5.32 Å². The molecule has 0 aromatic carbocycles. The van der Waals surface area contributed by atoms with Gasteiger partial charge in [-0.05, 0) is 46.1 Å². The SMILES string of the molecule is Cc1cnccc1CNc1ccncc1Br. The van der Waals surface area contributed by atoms with Crippen molar-refractivity contribution >= 4 is 21.6 Å². The molecule has 2 aromatic heterocycles. The van der Waals surface area contributed by atoms with Crippen molar-refractivity contribution in [2.75, 3.05) is 5.32 Å². The molecule has 0 amide bonds. The van der Waals surface area contributed by atoms with Crippen LogP contribution in [0.5, 0.6) is 0 Å². The number of aromatic nitrogens is 2. The van der Waals surface area contributed by atoms with E-state index in [0.717, 1.165) is 16.7 Å². The van der Waals surface area contributed by atoms with E-state index in [1.165, 1.54) is 11.1 Å². The first-order valence-electron chi connectivity index (χ1n) is 5.00. The summed E-state index contributed by atoms with van der Waals surface area (Å²) in [5.74, 6) is 0. The molecular weight excluding hydrogens is 266 g/mol. The van der Waals surface area contributed by atoms with Gasteiger partial charge >= 0.3 is 0 Å². The molecule has 0 aliphatic rings. The van der Waals surface area contributed by atoms with Crippen LogP contribution < -0.4 is 5.32 Å². The normalized spacial score (nSPS) is 10.1. The molecule has 4 heteroatoms. The minimum Gasteiger partial charge on any atom is -0.380 e. The van der Waals surface area contributed by atoms with Gasteiger partial charge in [-0.2, -0.15) is 0 Å². The average molecular weight is 278 g/mol. The number of rotatable bonds is 3. The lowest BCUT2D eigenvalue weighted by Crippen LogP contribution is -2.02. The van der Waals surface area contributed by atoms with E-state index in [1.807, 2.05) is 24.5 Å². The first kappa shape index (κ1) is 11.1. The number of nitrogens with one attached hydrogen (secondary N) is 1. The third kappa shape index (κ3) is 2.58. The van der Waals surface area contributed by atoms with Gasteiger partial charge in [0.05, 0.1) is 10.2 Å². The molecule has 0 saturated heterocycles. The van der Waals surface area contributed by atoms with Crippen molar-refractivity contribution in [3.05, 3.63) is 52.5 Å². The zero-order chi connectivity index (χ0) is 11.4. The van der Waals surface area contributed by atoms with E-state index in [0.29, 0.717) is 0 Å². The summed E-state index contributed by atoms with van der Waals surface area (Å²) in [7, 11) is 0. The summed E-state index contributed by atoms with van der Waals surface area (Å²) in [6.45, 7) is 2.85. The molecule has 0 atom stereocenters. The second-order valence-electron chi connectivity index (χ2n) is 3.51. The first-order chi connectivity index (χ1) is 7.77. The Morgan fingerprint density at radius 3 is 2.69 bits per heavy atom. The van der Waals surface area contributed by atoms with E-state index in [4.69, 9.17) is 0 Å². The fourth-order valence-electron chi connectivity index (χ4n) is 1.41. The Bertz CT molecular complexity index is 440. The zero-order valence-electron chi connectivity index (χ0n) is 8.94. The highest BCUT2D eigenvalue weighted by Gasteiger charge is 2.00. The van der Waals surface area contributed by atoms with Gasteiger partial charge in [0, 0.05) is 31.3 Å². The number of anilines is 1. The van der Waals surface area contributed by atoms with Crippen molar-refractivity contribution in [2.45, 2.75) is 13.5 Å². The third-order valence-electron chi connectivity index (χ3n) is 2.38. The number of aryl methyl sites for hydroxylation is 1. The Morgan fingerprint density at radius 1 is 1.19 bits per heavy atom. The summed E-state index contributed by atoms with van der Waals surface area (Å²) in [6, 6.07) is 3.97. The summed E-state index contributed by atoms with van der Waals surface area (Å²) in [6.07, 6.45) is 7.23. The number of pyridine rings is 2. The van der Waals surface area contributed by atoms with Gasteiger partial charge in [-0.25, -0.2) is 0 Å². The van der Waals surface area contributed by atoms with E-state index in [2.05, 4.69) is 38.1 Å². The van der Waals surface area contributed by atoms with Crippen LogP contribution in [0.4, 0.5) is 5.69 Å². The second kappa shape index (κ2) is 5.07. The van der Waals surface area contributed by atoms with Crippen LogP contribution in [-0.2, 0) is 6.54 Å². The molecule has 0 aliphatic heterocycles. The fraction of sp³-hybridized carbons (Fsp3) is 0.167. The van der Waals surface area contributed by atoms with Crippen LogP contribution in [0, 0.1) is 6.92 Å². The molecule has 0 unspecified atom stereocenters. The number of hydrogen-bond donors (Lipinski definition) is 1. The highest BCUT2D eigenvalue weighted by Crippen LogP contribution is 2.20. The minimum absolute atomic E-state index is 0.789. The predicted molar refractivity (Wildman–Crippen MR) is 68.2 cm³/mol. The van der Waals surface area contributed by atoms with Crippen LogP contribution in [0.15, 0.2) is 41.4 Å². The Labute approximate surface area is 103 Å². The molecule has 2 aromatic rings. The number of nitrogens with zero attached hydrogens (tertiary/aromatic N) is 2. The van der Waals surface area contributed by atoms with E-state index in [9.17, 15) is 0 Å². The molecular formula is C12H12BrN3. The van der Waals surface area contributed by atoms with E-state index >= 15 is 0 Å². The van der Waals surface area contributed by atoms with Crippen molar-refractivity contribution in [3.8, 4) is 0 Å². The Morgan fingerprint density at radius 2 is 1.94 bits per heavy atom. The van der Waals surface area contributed by atoms with Gasteiger partial charge in [0.2, 0.25) is 0 Å². The van der Waals surface area contributed by atoms with E-state index < -0.39 is 0 Å². The van der Waals surface area contributed by atoms with Crippen LogP contribution in [0.3, 0.4) is 0 Å². The first-order valence-corrected chi connectivity index (χ1v) is 5.79. The van der Waals surface area contributed by atoms with Crippen LogP contribution >= 0.6 is 15.9 Å². The highest BCUT2D eigenvalue weighted by molar-refractivity contribution is 9.10. The summed E-state index contributed by atoms with van der Waals surface area (Å²) in [4.78, 5) is 8.09. The Hall–Kier alpha value is -1.42. The third-order valence-corrected chi connectivity index (χ3v) is 3.01. The van der Waals surface area contributed by atoms with Gasteiger partial charge in [0.15, 0.2) is 0 Å². The summed E-state index contributed by atoms with van der Waals surface area (Å²) in [5, 5.41) is 3.36. The van der Waals surface area contributed by atoms with Gasteiger partial charge in [-0.1, -0.05) is 0 Å². The predicted octanol–water partition coefficient (Wildman–Crippen LogP) is 3.16. The molecule has 0 saturated carbocycles. The molecule has 3 nitrogen and oxygen atoms in total. The quantitative estimate of drug-likeness (QED) is 0.937. The largest absolute Gasteiger partial charge is 0.380 e. The molecule has 0 aliphatic carbocycles. The minimum atomic E-state index is 0.789. The van der Waals surface area contributed by atoms with Crippen LogP contribution in [-0.4, -0.2) is 9.97 Å². The monoisotopic (exact) mass is 277 g/mol. The highest BCUT2D eigenvalue weighted by atomic mass is 79.9. The van der Waals surface area contributed by atoms with Gasteiger partial charge in [-0.3, -0.25) is 9.97 Å². The smallest absolute Gasteiger partial charge is 0.0590 e. The molecule has 0 bridgehead atoms.